The van der Waals surface area contributed by atoms with Gasteiger partial charge < -0.3 is 10.1 Å². The minimum Gasteiger partial charge on any atom is -0.459 e. The molecule has 122 valence electrons. The van der Waals surface area contributed by atoms with E-state index in [9.17, 15) is 22.8 Å². The molecule has 1 N–H and O–H groups in total. The number of esters is 1. The summed E-state index contributed by atoms with van der Waals surface area (Å²) in [5.41, 5.74) is 0.783. The van der Waals surface area contributed by atoms with Crippen molar-refractivity contribution in [1.29, 1.82) is 0 Å². The molecular formula is C14H16F3NO3S. The number of amides is 1. The van der Waals surface area contributed by atoms with Crippen molar-refractivity contribution in [3.8, 4) is 0 Å². The van der Waals surface area contributed by atoms with Crippen molar-refractivity contribution in [2.45, 2.75) is 51.8 Å². The molecule has 0 saturated heterocycles. The lowest BCUT2D eigenvalue weighted by atomic mass is 9.95. The summed E-state index contributed by atoms with van der Waals surface area (Å²) in [7, 11) is 0. The third kappa shape index (κ3) is 3.60. The maximum atomic E-state index is 12.4. The van der Waals surface area contributed by atoms with Crippen molar-refractivity contribution in [3.05, 3.63) is 16.0 Å². The third-order valence-electron chi connectivity index (χ3n) is 3.20. The Morgan fingerprint density at radius 1 is 1.23 bits per heavy atom. The van der Waals surface area contributed by atoms with Crippen LogP contribution in [0.25, 0.3) is 0 Å². The molecule has 22 heavy (non-hydrogen) atoms. The summed E-state index contributed by atoms with van der Waals surface area (Å²) in [6, 6.07) is 0. The first-order valence-corrected chi connectivity index (χ1v) is 7.75. The van der Waals surface area contributed by atoms with E-state index in [0.29, 0.717) is 18.4 Å². The molecule has 0 unspecified atom stereocenters. The van der Waals surface area contributed by atoms with Gasteiger partial charge in [-0.3, -0.25) is 4.79 Å². The summed E-state index contributed by atoms with van der Waals surface area (Å²) in [5.74, 6) is -2.77. The Balaban J connectivity index is 2.38. The SMILES string of the molecule is CC(C)OC(=O)c1c(NC(=O)C(F)(F)F)sc2c1CCCC2. The highest BCUT2D eigenvalue weighted by molar-refractivity contribution is 7.17. The molecule has 4 nitrogen and oxygen atoms in total. The molecule has 0 radical (unpaired) electrons. The van der Waals surface area contributed by atoms with Gasteiger partial charge in [0.15, 0.2) is 0 Å². The van der Waals surface area contributed by atoms with Crippen LogP contribution in [0.1, 0.15) is 47.5 Å². The molecule has 1 aromatic rings. The van der Waals surface area contributed by atoms with Crippen LogP contribution in [0, 0.1) is 0 Å². The number of thiophene rings is 1. The molecule has 0 bridgehead atoms. The van der Waals surface area contributed by atoms with Crippen molar-refractivity contribution in [2.24, 2.45) is 0 Å². The number of hydrogen-bond donors (Lipinski definition) is 1. The number of halogens is 3. The second-order valence-corrected chi connectivity index (χ2v) is 6.43. The number of fused-ring (bicyclic) bond motifs is 1. The average Bonchev–Trinajstić information content (AvgIpc) is 2.74. The standard InChI is InChI=1S/C14H16F3NO3S/c1-7(2)21-12(19)10-8-5-3-4-6-9(8)22-11(10)18-13(20)14(15,16)17/h7H,3-6H2,1-2H3,(H,18,20). The summed E-state index contributed by atoms with van der Waals surface area (Å²) in [6.45, 7) is 3.31. The van der Waals surface area contributed by atoms with E-state index in [1.807, 2.05) is 5.32 Å². The maximum absolute atomic E-state index is 12.4. The van der Waals surface area contributed by atoms with Gasteiger partial charge in [-0.25, -0.2) is 4.79 Å². The molecule has 1 aromatic heterocycles. The fourth-order valence-electron chi connectivity index (χ4n) is 2.32. The zero-order chi connectivity index (χ0) is 16.5. The number of hydrogen-bond acceptors (Lipinski definition) is 4. The van der Waals surface area contributed by atoms with Gasteiger partial charge in [0.1, 0.15) is 5.00 Å². The van der Waals surface area contributed by atoms with E-state index >= 15 is 0 Å². The number of ether oxygens (including phenoxy) is 1. The van der Waals surface area contributed by atoms with Gasteiger partial charge in [-0.15, -0.1) is 11.3 Å². The smallest absolute Gasteiger partial charge is 0.459 e. The van der Waals surface area contributed by atoms with E-state index in [0.717, 1.165) is 29.1 Å². The Morgan fingerprint density at radius 2 is 1.86 bits per heavy atom. The van der Waals surface area contributed by atoms with Gasteiger partial charge in [0.25, 0.3) is 0 Å². The normalized spacial score (nSPS) is 14.6. The Kier molecular flexibility index (Phi) is 4.79. The van der Waals surface area contributed by atoms with Crippen LogP contribution in [-0.2, 0) is 22.4 Å². The fraction of sp³-hybridized carbons (Fsp3) is 0.571. The highest BCUT2D eigenvalue weighted by atomic mass is 32.1. The molecule has 0 saturated carbocycles. The fourth-order valence-corrected chi connectivity index (χ4v) is 3.59. The van der Waals surface area contributed by atoms with E-state index in [1.54, 1.807) is 13.8 Å². The van der Waals surface area contributed by atoms with Crippen molar-refractivity contribution in [1.82, 2.24) is 0 Å². The Labute approximate surface area is 129 Å². The van der Waals surface area contributed by atoms with E-state index in [4.69, 9.17) is 4.74 Å². The van der Waals surface area contributed by atoms with Crippen LogP contribution in [0.5, 0.6) is 0 Å². The zero-order valence-corrected chi connectivity index (χ0v) is 13.0. The van der Waals surface area contributed by atoms with Crippen LogP contribution in [0.3, 0.4) is 0 Å². The van der Waals surface area contributed by atoms with Crippen LogP contribution < -0.4 is 5.32 Å². The van der Waals surface area contributed by atoms with Crippen molar-refractivity contribution >= 4 is 28.2 Å². The molecule has 1 amide bonds. The van der Waals surface area contributed by atoms with Gasteiger partial charge in [0, 0.05) is 4.88 Å². The van der Waals surface area contributed by atoms with Crippen LogP contribution in [-0.4, -0.2) is 24.2 Å². The lowest BCUT2D eigenvalue weighted by molar-refractivity contribution is -0.167. The highest BCUT2D eigenvalue weighted by Crippen LogP contribution is 2.39. The third-order valence-corrected chi connectivity index (χ3v) is 4.41. The molecule has 0 spiro atoms. The minimum absolute atomic E-state index is 0.0696. The Morgan fingerprint density at radius 3 is 2.45 bits per heavy atom. The number of alkyl halides is 3. The van der Waals surface area contributed by atoms with Crippen molar-refractivity contribution in [2.75, 3.05) is 5.32 Å². The predicted molar refractivity (Wildman–Crippen MR) is 76.2 cm³/mol. The van der Waals surface area contributed by atoms with Gasteiger partial charge in [-0.1, -0.05) is 0 Å². The number of aryl methyl sites for hydroxylation is 1. The molecule has 1 heterocycles. The van der Waals surface area contributed by atoms with Crippen LogP contribution in [0.2, 0.25) is 0 Å². The molecule has 1 aliphatic rings. The Bertz CT molecular complexity index is 593. The number of rotatable bonds is 3. The highest BCUT2D eigenvalue weighted by Gasteiger charge is 2.40. The van der Waals surface area contributed by atoms with Crippen LogP contribution in [0.15, 0.2) is 0 Å². The first-order valence-electron chi connectivity index (χ1n) is 6.94. The summed E-state index contributed by atoms with van der Waals surface area (Å²) in [6.07, 6.45) is -2.31. The van der Waals surface area contributed by atoms with Gasteiger partial charge >= 0.3 is 18.1 Å². The second kappa shape index (κ2) is 6.28. The molecular weight excluding hydrogens is 319 g/mol. The minimum atomic E-state index is -5.00. The lowest BCUT2D eigenvalue weighted by Crippen LogP contribution is -2.30. The first kappa shape index (κ1) is 16.8. The average molecular weight is 335 g/mol. The van der Waals surface area contributed by atoms with E-state index < -0.39 is 24.2 Å². The van der Waals surface area contributed by atoms with Crippen molar-refractivity contribution in [3.63, 3.8) is 0 Å². The summed E-state index contributed by atoms with van der Waals surface area (Å²) in [4.78, 5) is 24.2. The molecule has 8 heteroatoms. The van der Waals surface area contributed by atoms with Gasteiger partial charge in [-0.2, -0.15) is 13.2 Å². The zero-order valence-electron chi connectivity index (χ0n) is 12.2. The molecule has 2 rings (SSSR count). The summed E-state index contributed by atoms with van der Waals surface area (Å²) in [5, 5.41) is 1.75. The molecule has 0 aliphatic heterocycles. The lowest BCUT2D eigenvalue weighted by Gasteiger charge is -2.14. The predicted octanol–water partition coefficient (Wildman–Crippen LogP) is 3.69. The van der Waals surface area contributed by atoms with Gasteiger partial charge in [-0.05, 0) is 45.1 Å². The Hall–Kier alpha value is -1.57. The monoisotopic (exact) mass is 335 g/mol. The van der Waals surface area contributed by atoms with Crippen molar-refractivity contribution < 1.29 is 27.5 Å². The van der Waals surface area contributed by atoms with Gasteiger partial charge in [0.05, 0.1) is 11.7 Å². The van der Waals surface area contributed by atoms with Crippen LogP contribution >= 0.6 is 11.3 Å². The maximum Gasteiger partial charge on any atom is 0.471 e. The number of carbonyl (C=O) groups is 2. The number of nitrogens with one attached hydrogen (secondary N) is 1. The van der Waals surface area contributed by atoms with E-state index in [1.165, 1.54) is 0 Å². The number of carbonyl (C=O) groups excluding carboxylic acids is 2. The molecule has 0 aromatic carbocycles. The molecule has 0 fully saturated rings. The number of anilines is 1. The summed E-state index contributed by atoms with van der Waals surface area (Å²) < 4.78 is 42.4. The second-order valence-electron chi connectivity index (χ2n) is 5.32. The van der Waals surface area contributed by atoms with Gasteiger partial charge in [0.2, 0.25) is 0 Å². The van der Waals surface area contributed by atoms with E-state index in [-0.39, 0.29) is 10.6 Å². The molecule has 0 atom stereocenters. The van der Waals surface area contributed by atoms with Crippen LogP contribution in [0.4, 0.5) is 18.2 Å². The topological polar surface area (TPSA) is 55.4 Å². The first-order chi connectivity index (χ1) is 10.2. The molecule has 1 aliphatic carbocycles. The quantitative estimate of drug-likeness (QED) is 0.857. The van der Waals surface area contributed by atoms with E-state index in [2.05, 4.69) is 0 Å². The largest absolute Gasteiger partial charge is 0.471 e. The summed E-state index contributed by atoms with van der Waals surface area (Å²) >= 11 is 1.03.